The van der Waals surface area contributed by atoms with E-state index in [1.807, 2.05) is 6.92 Å². The lowest BCUT2D eigenvalue weighted by molar-refractivity contribution is -0.113. The minimum atomic E-state index is -0.377. The molecule has 1 N–H and O–H groups in total. The number of ether oxygens (including phenoxy) is 1. The van der Waals surface area contributed by atoms with Gasteiger partial charge in [0.2, 0.25) is 11.6 Å². The number of aromatic nitrogens is 4. The highest BCUT2D eigenvalue weighted by molar-refractivity contribution is 7.99. The molecule has 0 bridgehead atoms. The second-order valence-corrected chi connectivity index (χ2v) is 7.36. The van der Waals surface area contributed by atoms with E-state index in [9.17, 15) is 14.0 Å². The van der Waals surface area contributed by atoms with Gasteiger partial charge in [0.1, 0.15) is 11.6 Å². The largest absolute Gasteiger partial charge is 0.494 e. The molecule has 0 aliphatic carbocycles. The first-order valence-electron chi connectivity index (χ1n) is 9.43. The van der Waals surface area contributed by atoms with Crippen LogP contribution in [0.2, 0.25) is 0 Å². The van der Waals surface area contributed by atoms with Gasteiger partial charge in [-0.15, -0.1) is 10.2 Å². The standard InChI is InChI=1S/C21H18FN5O3S/c1-2-30-17-9-7-16(8-10-17)26-11-12-27-19(20(26)29)24-25-21(27)31-13-18(28)23-15-5-3-14(22)4-6-15/h3-12H,2,13H2,1H3,(H,23,28). The normalized spacial score (nSPS) is 10.9. The van der Waals surface area contributed by atoms with Crippen LogP contribution < -0.4 is 15.6 Å². The predicted octanol–water partition coefficient (Wildman–Crippen LogP) is 3.15. The van der Waals surface area contributed by atoms with Crippen LogP contribution >= 0.6 is 11.8 Å². The molecule has 158 valence electrons. The summed E-state index contributed by atoms with van der Waals surface area (Å²) in [4.78, 5) is 25.0. The molecule has 2 aromatic carbocycles. The molecule has 4 aromatic rings. The van der Waals surface area contributed by atoms with Crippen molar-refractivity contribution in [2.24, 2.45) is 0 Å². The van der Waals surface area contributed by atoms with Gasteiger partial charge in [-0.25, -0.2) is 4.39 Å². The van der Waals surface area contributed by atoms with Gasteiger partial charge < -0.3 is 10.1 Å². The first-order chi connectivity index (χ1) is 15.0. The zero-order chi connectivity index (χ0) is 21.8. The lowest BCUT2D eigenvalue weighted by Gasteiger charge is -2.08. The fourth-order valence-corrected chi connectivity index (χ4v) is 3.62. The maximum Gasteiger partial charge on any atom is 0.300 e. The number of halogens is 1. The molecule has 2 aromatic heterocycles. The van der Waals surface area contributed by atoms with Crippen molar-refractivity contribution in [1.82, 2.24) is 19.2 Å². The molecule has 0 aliphatic rings. The number of hydrogen-bond donors (Lipinski definition) is 1. The van der Waals surface area contributed by atoms with Gasteiger partial charge in [-0.2, -0.15) is 0 Å². The Morgan fingerprint density at radius 1 is 1.10 bits per heavy atom. The van der Waals surface area contributed by atoms with Crippen LogP contribution in [0.5, 0.6) is 5.75 Å². The van der Waals surface area contributed by atoms with Crippen molar-refractivity contribution in [1.29, 1.82) is 0 Å². The summed E-state index contributed by atoms with van der Waals surface area (Å²) < 4.78 is 21.4. The number of thioether (sulfide) groups is 1. The SMILES string of the molecule is CCOc1ccc(-n2ccn3c(SCC(=O)Nc4ccc(F)cc4)nnc3c2=O)cc1. The summed E-state index contributed by atoms with van der Waals surface area (Å²) >= 11 is 1.14. The van der Waals surface area contributed by atoms with Crippen molar-refractivity contribution >= 4 is 29.0 Å². The van der Waals surface area contributed by atoms with E-state index in [2.05, 4.69) is 15.5 Å². The van der Waals surface area contributed by atoms with Gasteiger partial charge in [0.15, 0.2) is 5.16 Å². The van der Waals surface area contributed by atoms with E-state index in [1.54, 1.807) is 41.1 Å². The molecular weight excluding hydrogens is 421 g/mol. The third-order valence-electron chi connectivity index (χ3n) is 4.33. The molecule has 0 saturated heterocycles. The Hall–Kier alpha value is -3.66. The Morgan fingerprint density at radius 2 is 1.84 bits per heavy atom. The fraction of sp³-hybridized carbons (Fsp3) is 0.143. The smallest absolute Gasteiger partial charge is 0.300 e. The molecule has 0 aliphatic heterocycles. The lowest BCUT2D eigenvalue weighted by atomic mass is 10.3. The topological polar surface area (TPSA) is 90.5 Å². The summed E-state index contributed by atoms with van der Waals surface area (Å²) in [5, 5.41) is 11.1. The molecule has 0 unspecified atom stereocenters. The number of rotatable bonds is 7. The van der Waals surface area contributed by atoms with Gasteiger partial charge >= 0.3 is 5.56 Å². The molecule has 0 fully saturated rings. The number of amides is 1. The molecule has 0 atom stereocenters. The highest BCUT2D eigenvalue weighted by Gasteiger charge is 2.14. The van der Waals surface area contributed by atoms with E-state index in [-0.39, 0.29) is 28.7 Å². The van der Waals surface area contributed by atoms with E-state index < -0.39 is 0 Å². The summed E-state index contributed by atoms with van der Waals surface area (Å²) in [5.41, 5.74) is 0.989. The number of anilines is 1. The highest BCUT2D eigenvalue weighted by atomic mass is 32.2. The van der Waals surface area contributed by atoms with E-state index in [0.717, 1.165) is 17.5 Å². The Labute approximate surface area is 180 Å². The number of hydrogen-bond acceptors (Lipinski definition) is 6. The summed E-state index contributed by atoms with van der Waals surface area (Å²) in [7, 11) is 0. The van der Waals surface area contributed by atoms with Crippen LogP contribution in [0.15, 0.2) is 70.9 Å². The number of nitrogens with zero attached hydrogens (tertiary/aromatic N) is 4. The minimum Gasteiger partial charge on any atom is -0.494 e. The molecule has 2 heterocycles. The average Bonchev–Trinajstić information content (AvgIpc) is 3.19. The molecule has 0 saturated carbocycles. The molecule has 8 nitrogen and oxygen atoms in total. The van der Waals surface area contributed by atoms with Crippen LogP contribution in [0.25, 0.3) is 11.3 Å². The summed E-state index contributed by atoms with van der Waals surface area (Å²) in [5.74, 6) is 0.120. The number of benzene rings is 2. The molecule has 4 rings (SSSR count). The molecule has 0 radical (unpaired) electrons. The van der Waals surface area contributed by atoms with Gasteiger partial charge in [0.05, 0.1) is 12.4 Å². The van der Waals surface area contributed by atoms with Gasteiger partial charge in [0, 0.05) is 23.8 Å². The fourth-order valence-electron chi connectivity index (χ4n) is 2.90. The average molecular weight is 439 g/mol. The van der Waals surface area contributed by atoms with Crippen LogP contribution in [0.1, 0.15) is 6.92 Å². The maximum atomic E-state index is 13.0. The predicted molar refractivity (Wildman–Crippen MR) is 116 cm³/mol. The molecule has 1 amide bonds. The molecule has 10 heteroatoms. The van der Waals surface area contributed by atoms with Crippen molar-refractivity contribution in [3.63, 3.8) is 0 Å². The van der Waals surface area contributed by atoms with Crippen LogP contribution in [0.4, 0.5) is 10.1 Å². The number of fused-ring (bicyclic) bond motifs is 1. The van der Waals surface area contributed by atoms with E-state index in [4.69, 9.17) is 4.74 Å². The summed E-state index contributed by atoms with van der Waals surface area (Å²) in [6.45, 7) is 2.47. The Morgan fingerprint density at radius 3 is 2.55 bits per heavy atom. The quantitative estimate of drug-likeness (QED) is 0.445. The van der Waals surface area contributed by atoms with E-state index >= 15 is 0 Å². The molecule has 31 heavy (non-hydrogen) atoms. The van der Waals surface area contributed by atoms with Crippen molar-refractivity contribution in [2.75, 3.05) is 17.7 Å². The van der Waals surface area contributed by atoms with Gasteiger partial charge in [-0.05, 0) is 55.5 Å². The molecule has 0 spiro atoms. The van der Waals surface area contributed by atoms with Gasteiger partial charge in [-0.1, -0.05) is 11.8 Å². The van der Waals surface area contributed by atoms with Crippen molar-refractivity contribution < 1.29 is 13.9 Å². The van der Waals surface area contributed by atoms with E-state index in [0.29, 0.717) is 23.1 Å². The van der Waals surface area contributed by atoms with E-state index in [1.165, 1.54) is 28.8 Å². The van der Waals surface area contributed by atoms with Crippen LogP contribution in [-0.2, 0) is 4.79 Å². The van der Waals surface area contributed by atoms with Gasteiger partial charge in [-0.3, -0.25) is 18.6 Å². The summed E-state index contributed by atoms with van der Waals surface area (Å²) in [6, 6.07) is 12.7. The summed E-state index contributed by atoms with van der Waals surface area (Å²) in [6.07, 6.45) is 3.30. The maximum absolute atomic E-state index is 13.0. The van der Waals surface area contributed by atoms with Crippen LogP contribution in [0, 0.1) is 5.82 Å². The third-order valence-corrected chi connectivity index (χ3v) is 5.27. The second-order valence-electron chi connectivity index (χ2n) is 6.42. The monoisotopic (exact) mass is 439 g/mol. The Balaban J connectivity index is 1.49. The van der Waals surface area contributed by atoms with Gasteiger partial charge in [0.25, 0.3) is 0 Å². The zero-order valence-corrected chi connectivity index (χ0v) is 17.3. The number of nitrogens with one attached hydrogen (secondary N) is 1. The first-order valence-corrected chi connectivity index (χ1v) is 10.4. The van der Waals surface area contributed by atoms with Crippen molar-refractivity contribution in [2.45, 2.75) is 12.1 Å². The molecular formula is C21H18FN5O3S. The third kappa shape index (κ3) is 4.58. The first kappa shape index (κ1) is 20.6. The number of carbonyl (C=O) groups excluding carboxylic acids is 1. The number of carbonyl (C=O) groups is 1. The second kappa shape index (κ2) is 9.00. The lowest BCUT2D eigenvalue weighted by Crippen LogP contribution is -2.20. The zero-order valence-electron chi connectivity index (χ0n) is 16.5. The van der Waals surface area contributed by atoms with Crippen LogP contribution in [-0.4, -0.2) is 37.4 Å². The van der Waals surface area contributed by atoms with Crippen molar-refractivity contribution in [3.05, 3.63) is 77.1 Å². The Kier molecular flexibility index (Phi) is 5.99. The van der Waals surface area contributed by atoms with Crippen LogP contribution in [0.3, 0.4) is 0 Å². The minimum absolute atomic E-state index is 0.0557. The Bertz CT molecular complexity index is 1270. The van der Waals surface area contributed by atoms with Crippen molar-refractivity contribution in [3.8, 4) is 11.4 Å². The highest BCUT2D eigenvalue weighted by Crippen LogP contribution is 2.18.